The van der Waals surface area contributed by atoms with E-state index >= 15 is 0 Å². The van der Waals surface area contributed by atoms with Gasteiger partial charge in [-0.1, -0.05) is 0 Å². The van der Waals surface area contributed by atoms with Crippen LogP contribution in [0.25, 0.3) is 0 Å². The fourth-order valence-electron chi connectivity index (χ4n) is 2.91. The second-order valence-corrected chi connectivity index (χ2v) is 5.82. The van der Waals surface area contributed by atoms with Crippen LogP contribution in [-0.4, -0.2) is 23.4 Å². The SMILES string of the molecule is CCOC(=O)c1ccc(N2NC3(CCCC3)NC2=S)cc1. The molecule has 1 saturated carbocycles. The molecule has 1 aromatic carbocycles. The minimum absolute atomic E-state index is 0.0864. The number of rotatable bonds is 3. The number of esters is 1. The van der Waals surface area contributed by atoms with Crippen molar-refractivity contribution >= 4 is 29.0 Å². The van der Waals surface area contributed by atoms with Crippen molar-refractivity contribution in [1.82, 2.24) is 10.7 Å². The first-order chi connectivity index (χ1) is 10.1. The van der Waals surface area contributed by atoms with Crippen LogP contribution in [0, 0.1) is 0 Å². The van der Waals surface area contributed by atoms with Crippen LogP contribution in [0.4, 0.5) is 5.69 Å². The second kappa shape index (κ2) is 5.61. The van der Waals surface area contributed by atoms with Gasteiger partial charge in [0, 0.05) is 0 Å². The number of thiocarbonyl (C=S) groups is 1. The first-order valence-electron chi connectivity index (χ1n) is 7.31. The van der Waals surface area contributed by atoms with E-state index in [1.54, 1.807) is 19.1 Å². The second-order valence-electron chi connectivity index (χ2n) is 5.43. The molecule has 0 atom stereocenters. The number of nitrogens with zero attached hydrogens (tertiary/aromatic N) is 1. The molecule has 112 valence electrons. The predicted octanol–water partition coefficient (Wildman–Crippen LogP) is 2.33. The number of carbonyl (C=O) groups excluding carboxylic acids is 1. The standard InChI is InChI=1S/C15H19N3O2S/c1-2-20-13(19)11-5-7-12(8-6-11)18-14(21)16-15(17-18)9-3-4-10-15/h5-8,17H,2-4,9-10H2,1H3,(H,16,21). The van der Waals surface area contributed by atoms with Crippen LogP contribution < -0.4 is 15.8 Å². The van der Waals surface area contributed by atoms with Crippen LogP contribution in [0.15, 0.2) is 24.3 Å². The molecule has 0 amide bonds. The fourth-order valence-corrected chi connectivity index (χ4v) is 3.26. The van der Waals surface area contributed by atoms with Crippen LogP contribution in [-0.2, 0) is 4.74 Å². The van der Waals surface area contributed by atoms with Gasteiger partial charge >= 0.3 is 5.97 Å². The van der Waals surface area contributed by atoms with Gasteiger partial charge in [0.1, 0.15) is 5.66 Å². The maximum absolute atomic E-state index is 11.7. The molecule has 1 aliphatic heterocycles. The topological polar surface area (TPSA) is 53.6 Å². The van der Waals surface area contributed by atoms with Gasteiger partial charge in [0.2, 0.25) is 0 Å². The summed E-state index contributed by atoms with van der Waals surface area (Å²) in [7, 11) is 0. The monoisotopic (exact) mass is 305 g/mol. The molecule has 0 aromatic heterocycles. The molecule has 0 bridgehead atoms. The number of anilines is 1. The van der Waals surface area contributed by atoms with Gasteiger partial charge in [0.05, 0.1) is 17.9 Å². The quantitative estimate of drug-likeness (QED) is 0.660. The maximum Gasteiger partial charge on any atom is 0.338 e. The van der Waals surface area contributed by atoms with Crippen LogP contribution in [0.3, 0.4) is 0 Å². The van der Waals surface area contributed by atoms with Crippen molar-refractivity contribution < 1.29 is 9.53 Å². The highest BCUT2D eigenvalue weighted by molar-refractivity contribution is 7.80. The molecule has 2 aliphatic rings. The lowest BCUT2D eigenvalue weighted by atomic mass is 10.1. The van der Waals surface area contributed by atoms with Crippen molar-refractivity contribution in [3.63, 3.8) is 0 Å². The summed E-state index contributed by atoms with van der Waals surface area (Å²) in [6, 6.07) is 7.27. The Labute approximate surface area is 129 Å². The summed E-state index contributed by atoms with van der Waals surface area (Å²) < 4.78 is 4.98. The number of benzene rings is 1. The van der Waals surface area contributed by atoms with E-state index in [9.17, 15) is 4.79 Å². The Morgan fingerprint density at radius 1 is 1.33 bits per heavy atom. The molecular formula is C15H19N3O2S. The highest BCUT2D eigenvalue weighted by atomic mass is 32.1. The van der Waals surface area contributed by atoms with E-state index in [2.05, 4.69) is 10.7 Å². The average molecular weight is 305 g/mol. The molecule has 3 rings (SSSR count). The summed E-state index contributed by atoms with van der Waals surface area (Å²) >= 11 is 5.42. The molecule has 0 unspecified atom stereocenters. The molecule has 1 aliphatic carbocycles. The highest BCUT2D eigenvalue weighted by Crippen LogP contribution is 2.32. The molecule has 2 fully saturated rings. The first-order valence-corrected chi connectivity index (χ1v) is 7.72. The van der Waals surface area contributed by atoms with Gasteiger partial charge in [-0.3, -0.25) is 5.01 Å². The van der Waals surface area contributed by atoms with E-state index in [4.69, 9.17) is 17.0 Å². The normalized spacial score (nSPS) is 19.9. The van der Waals surface area contributed by atoms with Crippen LogP contribution in [0.5, 0.6) is 0 Å². The summed E-state index contributed by atoms with van der Waals surface area (Å²) in [5.41, 5.74) is 4.86. The van der Waals surface area contributed by atoms with Crippen molar-refractivity contribution in [3.8, 4) is 0 Å². The number of hydrazine groups is 1. The van der Waals surface area contributed by atoms with E-state index in [1.807, 2.05) is 17.1 Å². The van der Waals surface area contributed by atoms with E-state index in [-0.39, 0.29) is 11.6 Å². The smallest absolute Gasteiger partial charge is 0.338 e. The number of hydrogen-bond acceptors (Lipinski definition) is 4. The van der Waals surface area contributed by atoms with E-state index in [1.165, 1.54) is 12.8 Å². The Hall–Kier alpha value is -1.66. The third-order valence-electron chi connectivity index (χ3n) is 3.97. The zero-order valence-corrected chi connectivity index (χ0v) is 12.8. The molecule has 1 saturated heterocycles. The molecule has 5 nitrogen and oxygen atoms in total. The summed E-state index contributed by atoms with van der Waals surface area (Å²) in [6.07, 6.45) is 4.56. The van der Waals surface area contributed by atoms with Gasteiger partial charge in [-0.05, 0) is 69.1 Å². The molecule has 2 N–H and O–H groups in total. The third-order valence-corrected chi connectivity index (χ3v) is 4.25. The molecule has 0 radical (unpaired) electrons. The zero-order chi connectivity index (χ0) is 14.9. The van der Waals surface area contributed by atoms with Crippen LogP contribution >= 0.6 is 12.2 Å². The minimum atomic E-state index is -0.300. The molecule has 1 heterocycles. The van der Waals surface area contributed by atoms with Gasteiger partial charge < -0.3 is 10.1 Å². The number of carbonyl (C=O) groups is 1. The summed E-state index contributed by atoms with van der Waals surface area (Å²) in [5.74, 6) is -0.300. The fraction of sp³-hybridized carbons (Fsp3) is 0.467. The highest BCUT2D eigenvalue weighted by Gasteiger charge is 2.42. The van der Waals surface area contributed by atoms with E-state index < -0.39 is 0 Å². The Morgan fingerprint density at radius 3 is 2.62 bits per heavy atom. The van der Waals surface area contributed by atoms with Crippen molar-refractivity contribution in [2.75, 3.05) is 11.6 Å². The van der Waals surface area contributed by atoms with Crippen LogP contribution in [0.1, 0.15) is 43.0 Å². The van der Waals surface area contributed by atoms with Crippen molar-refractivity contribution in [2.45, 2.75) is 38.3 Å². The molecule has 1 aromatic rings. The van der Waals surface area contributed by atoms with Gasteiger partial charge in [-0.2, -0.15) is 0 Å². The van der Waals surface area contributed by atoms with Crippen molar-refractivity contribution in [1.29, 1.82) is 0 Å². The zero-order valence-electron chi connectivity index (χ0n) is 12.0. The number of nitrogens with one attached hydrogen (secondary N) is 2. The molecule has 1 spiro atoms. The van der Waals surface area contributed by atoms with Gasteiger partial charge in [0.15, 0.2) is 5.11 Å². The largest absolute Gasteiger partial charge is 0.462 e. The predicted molar refractivity (Wildman–Crippen MR) is 84.9 cm³/mol. The van der Waals surface area contributed by atoms with Crippen molar-refractivity contribution in [3.05, 3.63) is 29.8 Å². The summed E-state index contributed by atoms with van der Waals surface area (Å²) in [6.45, 7) is 2.18. The maximum atomic E-state index is 11.7. The minimum Gasteiger partial charge on any atom is -0.462 e. The van der Waals surface area contributed by atoms with Gasteiger partial charge in [0.25, 0.3) is 0 Å². The average Bonchev–Trinajstić information content (AvgIpc) is 3.07. The molecule has 6 heteroatoms. The lowest BCUT2D eigenvalue weighted by molar-refractivity contribution is 0.0526. The Balaban J connectivity index is 1.75. The van der Waals surface area contributed by atoms with Crippen molar-refractivity contribution in [2.24, 2.45) is 0 Å². The molecular weight excluding hydrogens is 286 g/mol. The lowest BCUT2D eigenvalue weighted by Crippen LogP contribution is -2.48. The van der Waals surface area contributed by atoms with Crippen LogP contribution in [0.2, 0.25) is 0 Å². The third kappa shape index (κ3) is 2.73. The first kappa shape index (κ1) is 14.3. The van der Waals surface area contributed by atoms with Gasteiger partial charge in [-0.25, -0.2) is 10.2 Å². The number of ether oxygens (including phenoxy) is 1. The Kier molecular flexibility index (Phi) is 3.82. The van der Waals surface area contributed by atoms with E-state index in [0.717, 1.165) is 18.5 Å². The summed E-state index contributed by atoms with van der Waals surface area (Å²) in [4.78, 5) is 11.7. The Morgan fingerprint density at radius 2 is 2.00 bits per heavy atom. The Bertz CT molecular complexity index is 553. The van der Waals surface area contributed by atoms with Gasteiger partial charge in [-0.15, -0.1) is 0 Å². The summed E-state index contributed by atoms with van der Waals surface area (Å²) in [5, 5.41) is 5.96. The number of hydrogen-bond donors (Lipinski definition) is 2. The molecule has 21 heavy (non-hydrogen) atoms. The lowest BCUT2D eigenvalue weighted by Gasteiger charge is -2.24. The van der Waals surface area contributed by atoms with E-state index in [0.29, 0.717) is 17.3 Å².